The van der Waals surface area contributed by atoms with Crippen molar-refractivity contribution in [1.29, 1.82) is 0 Å². The summed E-state index contributed by atoms with van der Waals surface area (Å²) < 4.78 is 2.69. The molecule has 1 aromatic carbocycles. The summed E-state index contributed by atoms with van der Waals surface area (Å²) in [6, 6.07) is 5.48. The number of nitrogens with zero attached hydrogens (tertiary/aromatic N) is 3. The van der Waals surface area contributed by atoms with Gasteiger partial charge in [0.15, 0.2) is 4.80 Å². The van der Waals surface area contributed by atoms with Crippen molar-refractivity contribution in [3.63, 3.8) is 0 Å². The molecule has 0 saturated carbocycles. The van der Waals surface area contributed by atoms with Crippen molar-refractivity contribution in [3.05, 3.63) is 40.7 Å². The Morgan fingerprint density at radius 3 is 2.71 bits per heavy atom. The zero-order valence-electron chi connectivity index (χ0n) is 12.7. The number of carbonyl (C=O) groups excluding carboxylic acids is 3. The summed E-state index contributed by atoms with van der Waals surface area (Å²) >= 11 is 7.57. The smallest absolute Gasteiger partial charge is 0.268 e. The van der Waals surface area contributed by atoms with Gasteiger partial charge < -0.3 is 4.57 Å². The lowest BCUT2D eigenvalue weighted by molar-refractivity contribution is -0.141. The minimum atomic E-state index is -0.543. The van der Waals surface area contributed by atoms with Gasteiger partial charge in [-0.15, -0.1) is 6.58 Å². The highest BCUT2D eigenvalue weighted by Crippen LogP contribution is 2.25. The van der Waals surface area contributed by atoms with Crippen LogP contribution in [0.15, 0.2) is 35.8 Å². The van der Waals surface area contributed by atoms with Gasteiger partial charge >= 0.3 is 0 Å². The van der Waals surface area contributed by atoms with Crippen LogP contribution in [0.5, 0.6) is 0 Å². The molecule has 8 heteroatoms. The molecular weight excluding hydrogens is 350 g/mol. The molecule has 124 valence electrons. The number of para-hydroxylation sites is 1. The minimum absolute atomic E-state index is 0.154. The van der Waals surface area contributed by atoms with Gasteiger partial charge in [-0.05, 0) is 12.1 Å². The predicted octanol–water partition coefficient (Wildman–Crippen LogP) is 2.12. The van der Waals surface area contributed by atoms with Crippen molar-refractivity contribution in [2.24, 2.45) is 4.99 Å². The summed E-state index contributed by atoms with van der Waals surface area (Å²) in [5.41, 5.74) is 0.781. The molecule has 3 amide bonds. The number of likely N-dealkylation sites (tertiary alicyclic amines) is 1. The molecule has 24 heavy (non-hydrogen) atoms. The van der Waals surface area contributed by atoms with Crippen molar-refractivity contribution in [1.82, 2.24) is 9.47 Å². The molecular formula is C16H14ClN3O3S. The first-order valence-electron chi connectivity index (χ1n) is 7.30. The molecule has 1 aromatic heterocycles. The number of carbonyl (C=O) groups is 3. The van der Waals surface area contributed by atoms with E-state index >= 15 is 0 Å². The lowest BCUT2D eigenvalue weighted by Crippen LogP contribution is -2.34. The second kappa shape index (κ2) is 6.70. The van der Waals surface area contributed by atoms with E-state index in [-0.39, 0.29) is 31.2 Å². The van der Waals surface area contributed by atoms with E-state index in [0.29, 0.717) is 16.4 Å². The summed E-state index contributed by atoms with van der Waals surface area (Å²) in [4.78, 5) is 40.9. The van der Waals surface area contributed by atoms with E-state index in [1.807, 2.05) is 12.1 Å². The lowest BCUT2D eigenvalue weighted by atomic mass is 10.3. The summed E-state index contributed by atoms with van der Waals surface area (Å²) in [7, 11) is 0. The number of aromatic nitrogens is 1. The fourth-order valence-corrected chi connectivity index (χ4v) is 3.96. The first-order chi connectivity index (χ1) is 11.5. The third-order valence-electron chi connectivity index (χ3n) is 3.63. The van der Waals surface area contributed by atoms with Crippen molar-refractivity contribution in [2.75, 3.05) is 6.54 Å². The van der Waals surface area contributed by atoms with E-state index in [9.17, 15) is 14.4 Å². The monoisotopic (exact) mass is 363 g/mol. The Morgan fingerprint density at radius 1 is 1.33 bits per heavy atom. The zero-order chi connectivity index (χ0) is 17.3. The molecule has 3 rings (SSSR count). The molecule has 0 unspecified atom stereocenters. The Hall–Kier alpha value is -2.25. The van der Waals surface area contributed by atoms with Crippen LogP contribution in [0.3, 0.4) is 0 Å². The molecule has 1 fully saturated rings. The molecule has 1 aliphatic rings. The topological polar surface area (TPSA) is 71.7 Å². The Labute approximate surface area is 146 Å². The molecule has 2 heterocycles. The molecule has 1 saturated heterocycles. The van der Waals surface area contributed by atoms with Crippen LogP contribution < -0.4 is 4.80 Å². The third kappa shape index (κ3) is 3.05. The normalized spacial score (nSPS) is 15.5. The van der Waals surface area contributed by atoms with Crippen molar-refractivity contribution < 1.29 is 14.4 Å². The van der Waals surface area contributed by atoms with Crippen LogP contribution in [-0.4, -0.2) is 33.7 Å². The Morgan fingerprint density at radius 2 is 2.04 bits per heavy atom. The molecule has 1 aliphatic heterocycles. The number of rotatable bonds is 4. The summed E-state index contributed by atoms with van der Waals surface area (Å²) in [6.07, 6.45) is 1.99. The van der Waals surface area contributed by atoms with Gasteiger partial charge in [-0.3, -0.25) is 19.3 Å². The maximum Gasteiger partial charge on any atom is 0.268 e. The average molecular weight is 364 g/mol. The van der Waals surface area contributed by atoms with E-state index in [0.717, 1.165) is 15.1 Å². The number of thiazole rings is 1. The number of benzene rings is 1. The maximum atomic E-state index is 12.2. The van der Waals surface area contributed by atoms with Crippen LogP contribution in [0, 0.1) is 0 Å². The highest BCUT2D eigenvalue weighted by atomic mass is 35.5. The van der Waals surface area contributed by atoms with Gasteiger partial charge in [-0.25, -0.2) is 0 Å². The molecule has 0 aliphatic carbocycles. The van der Waals surface area contributed by atoms with E-state index in [1.54, 1.807) is 16.7 Å². The quantitative estimate of drug-likeness (QED) is 0.617. The van der Waals surface area contributed by atoms with Gasteiger partial charge in [-0.1, -0.05) is 35.1 Å². The average Bonchev–Trinajstić information content (AvgIpc) is 3.04. The molecule has 0 radical (unpaired) electrons. The van der Waals surface area contributed by atoms with Crippen LogP contribution in [0.25, 0.3) is 10.2 Å². The number of imide groups is 1. The number of halogens is 1. The summed E-state index contributed by atoms with van der Waals surface area (Å²) in [5.74, 6) is -1.21. The van der Waals surface area contributed by atoms with Gasteiger partial charge in [0.1, 0.15) is 6.54 Å². The first-order valence-corrected chi connectivity index (χ1v) is 8.50. The van der Waals surface area contributed by atoms with E-state index < -0.39 is 5.91 Å². The second-order valence-corrected chi connectivity index (χ2v) is 6.67. The van der Waals surface area contributed by atoms with Crippen molar-refractivity contribution in [2.45, 2.75) is 19.4 Å². The number of amides is 3. The fraction of sp³-hybridized carbons (Fsp3) is 0.250. The molecule has 0 atom stereocenters. The largest absolute Gasteiger partial charge is 0.311 e. The Balaban J connectivity index is 2.00. The van der Waals surface area contributed by atoms with Crippen LogP contribution in [-0.2, 0) is 20.9 Å². The standard InChI is InChI=1S/C16H14ClN3O3S/c1-2-8-19-15-10(17)4-3-5-11(15)24-16(19)18-12(21)9-20-13(22)6-7-14(20)23/h2-5H,1,6-9H2. The van der Waals surface area contributed by atoms with Crippen LogP contribution in [0.1, 0.15) is 12.8 Å². The van der Waals surface area contributed by atoms with Crippen LogP contribution in [0.2, 0.25) is 5.02 Å². The van der Waals surface area contributed by atoms with Crippen molar-refractivity contribution in [3.8, 4) is 0 Å². The highest BCUT2D eigenvalue weighted by Gasteiger charge is 2.30. The zero-order valence-corrected chi connectivity index (χ0v) is 14.3. The Kier molecular flexibility index (Phi) is 4.64. The van der Waals surface area contributed by atoms with Crippen molar-refractivity contribution >= 4 is 50.9 Å². The second-order valence-electron chi connectivity index (χ2n) is 5.25. The van der Waals surface area contributed by atoms with Gasteiger partial charge in [0.2, 0.25) is 11.8 Å². The molecule has 0 bridgehead atoms. The molecule has 2 aromatic rings. The predicted molar refractivity (Wildman–Crippen MR) is 91.5 cm³/mol. The number of hydrogen-bond acceptors (Lipinski definition) is 4. The van der Waals surface area contributed by atoms with E-state index in [2.05, 4.69) is 11.6 Å². The first kappa shape index (κ1) is 16.6. The van der Waals surface area contributed by atoms with Crippen LogP contribution >= 0.6 is 22.9 Å². The third-order valence-corrected chi connectivity index (χ3v) is 4.98. The number of fused-ring (bicyclic) bond motifs is 1. The molecule has 0 spiro atoms. The van der Waals surface area contributed by atoms with E-state index in [4.69, 9.17) is 11.6 Å². The fourth-order valence-electron chi connectivity index (χ4n) is 2.55. The lowest BCUT2D eigenvalue weighted by Gasteiger charge is -2.10. The molecule has 6 nitrogen and oxygen atoms in total. The highest BCUT2D eigenvalue weighted by molar-refractivity contribution is 7.16. The number of allylic oxidation sites excluding steroid dienone is 1. The van der Waals surface area contributed by atoms with Gasteiger partial charge in [0, 0.05) is 19.4 Å². The number of hydrogen-bond donors (Lipinski definition) is 0. The Bertz CT molecular complexity index is 912. The molecule has 0 N–H and O–H groups in total. The van der Waals surface area contributed by atoms with Gasteiger partial charge in [0.05, 0.1) is 15.2 Å². The summed E-state index contributed by atoms with van der Waals surface area (Å²) in [6.45, 7) is 3.83. The van der Waals surface area contributed by atoms with Crippen LogP contribution in [0.4, 0.5) is 0 Å². The van der Waals surface area contributed by atoms with Gasteiger partial charge in [-0.2, -0.15) is 4.99 Å². The van der Waals surface area contributed by atoms with E-state index in [1.165, 1.54) is 11.3 Å². The summed E-state index contributed by atoms with van der Waals surface area (Å²) in [5, 5.41) is 0.560. The van der Waals surface area contributed by atoms with Gasteiger partial charge in [0.25, 0.3) is 5.91 Å². The maximum absolute atomic E-state index is 12.2. The minimum Gasteiger partial charge on any atom is -0.311 e. The SMILES string of the molecule is C=CCn1c(=NC(=O)CN2C(=O)CCC2=O)sc2cccc(Cl)c21.